The average Bonchev–Trinajstić information content (AvgIpc) is 2.91. The molecule has 0 aromatic heterocycles. The minimum Gasteiger partial charge on any atom is -0.372 e. The minimum absolute atomic E-state index is 0.121. The molecule has 0 radical (unpaired) electrons. The third kappa shape index (κ3) is 3.76. The molecule has 0 saturated carbocycles. The second-order valence-corrected chi connectivity index (χ2v) is 6.13. The predicted molar refractivity (Wildman–Crippen MR) is 86.7 cm³/mol. The number of anilines is 2. The number of hydrogen-bond acceptors (Lipinski definition) is 3. The Labute approximate surface area is 126 Å². The maximum absolute atomic E-state index is 12.1. The van der Waals surface area contributed by atoms with Gasteiger partial charge in [0.05, 0.1) is 5.92 Å². The highest BCUT2D eigenvalue weighted by atomic mass is 16.1. The van der Waals surface area contributed by atoms with Crippen molar-refractivity contribution >= 4 is 17.3 Å². The van der Waals surface area contributed by atoms with Crippen LogP contribution in [-0.4, -0.2) is 32.1 Å². The Hall–Kier alpha value is -1.55. The van der Waals surface area contributed by atoms with Gasteiger partial charge in [-0.1, -0.05) is 12.8 Å². The molecule has 2 fully saturated rings. The van der Waals surface area contributed by atoms with Crippen LogP contribution in [0.2, 0.25) is 0 Å². The van der Waals surface area contributed by atoms with Gasteiger partial charge in [0, 0.05) is 31.0 Å². The fourth-order valence-corrected chi connectivity index (χ4v) is 3.21. The van der Waals surface area contributed by atoms with E-state index < -0.39 is 0 Å². The molecule has 0 bridgehead atoms. The highest BCUT2D eigenvalue weighted by Crippen LogP contribution is 2.22. The Bertz CT molecular complexity index is 457. The summed E-state index contributed by atoms with van der Waals surface area (Å²) in [4.78, 5) is 14.5. The van der Waals surface area contributed by atoms with Crippen LogP contribution in [0.15, 0.2) is 24.3 Å². The van der Waals surface area contributed by atoms with Crippen molar-refractivity contribution in [2.75, 3.05) is 36.4 Å². The largest absolute Gasteiger partial charge is 0.372 e. The molecule has 4 nitrogen and oxygen atoms in total. The smallest absolute Gasteiger partial charge is 0.228 e. The summed E-state index contributed by atoms with van der Waals surface area (Å²) in [7, 11) is 0. The fraction of sp³-hybridized carbons (Fsp3) is 0.588. The van der Waals surface area contributed by atoms with Crippen LogP contribution in [0.1, 0.15) is 32.1 Å². The molecule has 114 valence electrons. The molecule has 1 unspecified atom stereocenters. The Morgan fingerprint density at radius 3 is 2.43 bits per heavy atom. The molecule has 2 N–H and O–H groups in total. The van der Waals surface area contributed by atoms with Gasteiger partial charge in [0.1, 0.15) is 0 Å². The maximum atomic E-state index is 12.1. The molecule has 2 saturated heterocycles. The van der Waals surface area contributed by atoms with E-state index in [4.69, 9.17) is 0 Å². The third-order valence-corrected chi connectivity index (χ3v) is 4.54. The van der Waals surface area contributed by atoms with Gasteiger partial charge in [-0.05, 0) is 50.1 Å². The summed E-state index contributed by atoms with van der Waals surface area (Å²) < 4.78 is 0. The molecule has 21 heavy (non-hydrogen) atoms. The lowest BCUT2D eigenvalue weighted by Crippen LogP contribution is -2.25. The van der Waals surface area contributed by atoms with Crippen LogP contribution in [-0.2, 0) is 4.79 Å². The van der Waals surface area contributed by atoms with Gasteiger partial charge < -0.3 is 15.5 Å². The molecule has 1 aromatic rings. The molecule has 2 aliphatic heterocycles. The second kappa shape index (κ2) is 6.94. The van der Waals surface area contributed by atoms with Gasteiger partial charge in [0.2, 0.25) is 5.91 Å². The SMILES string of the molecule is O=C(Nc1ccc(N2CCCCCC2)cc1)C1CCNC1. The van der Waals surface area contributed by atoms with Gasteiger partial charge in [-0.15, -0.1) is 0 Å². The number of carbonyl (C=O) groups is 1. The molecular weight excluding hydrogens is 262 g/mol. The number of amides is 1. The molecule has 1 amide bonds. The van der Waals surface area contributed by atoms with Crippen molar-refractivity contribution in [1.29, 1.82) is 0 Å². The average molecular weight is 287 g/mol. The number of hydrogen-bond donors (Lipinski definition) is 2. The van der Waals surface area contributed by atoms with Gasteiger partial charge in [-0.25, -0.2) is 0 Å². The van der Waals surface area contributed by atoms with E-state index in [0.717, 1.165) is 38.3 Å². The summed E-state index contributed by atoms with van der Waals surface area (Å²) >= 11 is 0. The molecule has 1 aromatic carbocycles. The van der Waals surface area contributed by atoms with E-state index in [-0.39, 0.29) is 11.8 Å². The first-order chi connectivity index (χ1) is 10.3. The first kappa shape index (κ1) is 14.4. The van der Waals surface area contributed by atoms with Crippen LogP contribution >= 0.6 is 0 Å². The van der Waals surface area contributed by atoms with E-state index in [1.165, 1.54) is 31.4 Å². The van der Waals surface area contributed by atoms with Crippen molar-refractivity contribution in [3.05, 3.63) is 24.3 Å². The lowest BCUT2D eigenvalue weighted by molar-refractivity contribution is -0.119. The van der Waals surface area contributed by atoms with Crippen LogP contribution in [0, 0.1) is 5.92 Å². The highest BCUT2D eigenvalue weighted by Gasteiger charge is 2.22. The summed E-state index contributed by atoms with van der Waals surface area (Å²) in [5.74, 6) is 0.262. The Balaban J connectivity index is 1.59. The molecular formula is C17H25N3O. The number of nitrogens with zero attached hydrogens (tertiary/aromatic N) is 1. The lowest BCUT2D eigenvalue weighted by atomic mass is 10.1. The second-order valence-electron chi connectivity index (χ2n) is 6.13. The molecule has 1 atom stereocenters. The van der Waals surface area contributed by atoms with Crippen LogP contribution in [0.5, 0.6) is 0 Å². The summed E-state index contributed by atoms with van der Waals surface area (Å²) in [5.41, 5.74) is 2.18. The van der Waals surface area contributed by atoms with Crippen molar-refractivity contribution in [2.24, 2.45) is 5.92 Å². The molecule has 3 rings (SSSR count). The van der Waals surface area contributed by atoms with Crippen molar-refractivity contribution in [3.63, 3.8) is 0 Å². The van der Waals surface area contributed by atoms with Gasteiger partial charge in [0.25, 0.3) is 0 Å². The van der Waals surface area contributed by atoms with Crippen LogP contribution in [0.25, 0.3) is 0 Å². The van der Waals surface area contributed by atoms with Crippen molar-refractivity contribution in [2.45, 2.75) is 32.1 Å². The minimum atomic E-state index is 0.121. The molecule has 0 spiro atoms. The summed E-state index contributed by atoms with van der Waals surface area (Å²) in [6.45, 7) is 4.06. The van der Waals surface area contributed by atoms with E-state index in [0.29, 0.717) is 0 Å². The van der Waals surface area contributed by atoms with Gasteiger partial charge in [-0.2, -0.15) is 0 Å². The molecule has 4 heteroatoms. The monoisotopic (exact) mass is 287 g/mol. The zero-order valence-corrected chi connectivity index (χ0v) is 12.6. The van der Waals surface area contributed by atoms with Gasteiger partial charge in [0.15, 0.2) is 0 Å². The van der Waals surface area contributed by atoms with Crippen molar-refractivity contribution < 1.29 is 4.79 Å². The number of carbonyl (C=O) groups excluding carboxylic acids is 1. The topological polar surface area (TPSA) is 44.4 Å². The molecule has 2 heterocycles. The number of rotatable bonds is 3. The first-order valence-corrected chi connectivity index (χ1v) is 8.19. The zero-order chi connectivity index (χ0) is 14.5. The first-order valence-electron chi connectivity index (χ1n) is 8.19. The lowest BCUT2D eigenvalue weighted by Gasteiger charge is -2.23. The summed E-state index contributed by atoms with van der Waals surface area (Å²) in [5, 5.41) is 6.26. The molecule has 0 aliphatic carbocycles. The van der Waals surface area contributed by atoms with Crippen LogP contribution < -0.4 is 15.5 Å². The Kier molecular flexibility index (Phi) is 4.76. The van der Waals surface area contributed by atoms with E-state index in [9.17, 15) is 4.79 Å². The van der Waals surface area contributed by atoms with Gasteiger partial charge >= 0.3 is 0 Å². The van der Waals surface area contributed by atoms with Crippen molar-refractivity contribution in [1.82, 2.24) is 5.32 Å². The van der Waals surface area contributed by atoms with Gasteiger partial charge in [-0.3, -0.25) is 4.79 Å². The summed E-state index contributed by atoms with van der Waals surface area (Å²) in [6, 6.07) is 8.32. The van der Waals surface area contributed by atoms with Crippen molar-refractivity contribution in [3.8, 4) is 0 Å². The normalized spacial score (nSPS) is 22.9. The maximum Gasteiger partial charge on any atom is 0.228 e. The summed E-state index contributed by atoms with van der Waals surface area (Å²) in [6.07, 6.45) is 6.21. The molecule has 2 aliphatic rings. The van der Waals surface area contributed by atoms with Crippen LogP contribution in [0.3, 0.4) is 0 Å². The third-order valence-electron chi connectivity index (χ3n) is 4.54. The Morgan fingerprint density at radius 1 is 1.10 bits per heavy atom. The predicted octanol–water partition coefficient (Wildman–Crippen LogP) is 2.62. The van der Waals surface area contributed by atoms with E-state index in [2.05, 4.69) is 27.7 Å². The quantitative estimate of drug-likeness (QED) is 0.898. The van der Waals surface area contributed by atoms with E-state index in [1.807, 2.05) is 12.1 Å². The van der Waals surface area contributed by atoms with E-state index >= 15 is 0 Å². The number of benzene rings is 1. The zero-order valence-electron chi connectivity index (χ0n) is 12.6. The Morgan fingerprint density at radius 2 is 1.81 bits per heavy atom. The highest BCUT2D eigenvalue weighted by molar-refractivity contribution is 5.93. The van der Waals surface area contributed by atoms with Crippen LogP contribution in [0.4, 0.5) is 11.4 Å². The standard InChI is InChI=1S/C17H25N3O/c21-17(14-9-10-18-13-14)19-15-5-7-16(8-6-15)20-11-3-1-2-4-12-20/h5-8,14,18H,1-4,9-13H2,(H,19,21). The van der Waals surface area contributed by atoms with E-state index in [1.54, 1.807) is 0 Å². The number of nitrogens with one attached hydrogen (secondary N) is 2. The fourth-order valence-electron chi connectivity index (χ4n) is 3.21.